The largest absolute Gasteiger partial charge is 0.329 e. The molecule has 1 atom stereocenters. The van der Waals surface area contributed by atoms with Crippen molar-refractivity contribution in [1.29, 1.82) is 5.26 Å². The quantitative estimate of drug-likeness (QED) is 0.818. The summed E-state index contributed by atoms with van der Waals surface area (Å²) >= 11 is 0. The van der Waals surface area contributed by atoms with Gasteiger partial charge in [0.2, 0.25) is 5.91 Å². The molecule has 0 bridgehead atoms. The fourth-order valence-electron chi connectivity index (χ4n) is 2.54. The van der Waals surface area contributed by atoms with E-state index >= 15 is 0 Å². The lowest BCUT2D eigenvalue weighted by atomic mass is 10.1. The van der Waals surface area contributed by atoms with Crippen LogP contribution in [0.25, 0.3) is 0 Å². The monoisotopic (exact) mass is 287 g/mol. The van der Waals surface area contributed by atoms with Crippen LogP contribution in [0.3, 0.4) is 0 Å². The highest BCUT2D eigenvalue weighted by Crippen LogP contribution is 2.14. The van der Waals surface area contributed by atoms with Crippen LogP contribution < -0.4 is 11.1 Å². The highest BCUT2D eigenvalue weighted by molar-refractivity contribution is 5.93. The summed E-state index contributed by atoms with van der Waals surface area (Å²) in [6, 6.07) is 9.27. The van der Waals surface area contributed by atoms with E-state index in [9.17, 15) is 4.79 Å². The van der Waals surface area contributed by atoms with Crippen LogP contribution in [0.15, 0.2) is 24.3 Å². The van der Waals surface area contributed by atoms with Gasteiger partial charge in [-0.25, -0.2) is 0 Å². The summed E-state index contributed by atoms with van der Waals surface area (Å²) < 4.78 is 0. The average Bonchev–Trinajstić information content (AvgIpc) is 2.49. The second kappa shape index (κ2) is 7.18. The Kier molecular flexibility index (Phi) is 5.28. The summed E-state index contributed by atoms with van der Waals surface area (Å²) in [5.74, 6) is -0.110. The molecule has 1 aliphatic rings. The lowest BCUT2D eigenvalue weighted by molar-refractivity contribution is -0.118. The van der Waals surface area contributed by atoms with Crippen LogP contribution in [-0.2, 0) is 4.79 Å². The number of anilines is 1. The van der Waals surface area contributed by atoms with E-state index in [-0.39, 0.29) is 11.9 Å². The van der Waals surface area contributed by atoms with E-state index in [0.29, 0.717) is 24.3 Å². The van der Waals surface area contributed by atoms with Crippen LogP contribution in [-0.4, -0.2) is 61.5 Å². The van der Waals surface area contributed by atoms with Gasteiger partial charge in [0, 0.05) is 32.2 Å². The van der Waals surface area contributed by atoms with Crippen LogP contribution >= 0.6 is 0 Å². The number of rotatable bonds is 4. The predicted octanol–water partition coefficient (Wildman–Crippen LogP) is 0.0715. The smallest absolute Gasteiger partial charge is 0.238 e. The number of carbonyl (C=O) groups excluding carboxylic acids is 1. The van der Waals surface area contributed by atoms with Crippen molar-refractivity contribution < 1.29 is 4.79 Å². The molecule has 0 radical (unpaired) electrons. The summed E-state index contributed by atoms with van der Waals surface area (Å²) in [6.45, 7) is 3.46. The number of nitrogens with one attached hydrogen (secondary N) is 1. The minimum absolute atomic E-state index is 0.110. The number of carbonyl (C=O) groups is 1. The summed E-state index contributed by atoms with van der Waals surface area (Å²) in [5.41, 5.74) is 6.82. The Morgan fingerprint density at radius 2 is 2.24 bits per heavy atom. The Labute approximate surface area is 125 Å². The molecule has 2 rings (SSSR count). The van der Waals surface area contributed by atoms with E-state index < -0.39 is 0 Å². The summed E-state index contributed by atoms with van der Waals surface area (Å²) in [7, 11) is 2.06. The third kappa shape index (κ3) is 4.02. The van der Waals surface area contributed by atoms with Gasteiger partial charge in [-0.1, -0.05) is 12.1 Å². The standard InChI is InChI=1S/C15H21N5O/c1-19-6-7-20(13(9-17)10-19)11-15(21)18-14-5-3-2-4-12(14)8-16/h2-5,13H,6-7,9-11,17H2,1H3,(H,18,21). The molecule has 1 fully saturated rings. The minimum atomic E-state index is -0.110. The predicted molar refractivity (Wildman–Crippen MR) is 81.7 cm³/mol. The molecule has 1 heterocycles. The Morgan fingerprint density at radius 1 is 1.48 bits per heavy atom. The molecule has 112 valence electrons. The van der Waals surface area contributed by atoms with Gasteiger partial charge in [0.1, 0.15) is 6.07 Å². The molecule has 1 aliphatic heterocycles. The molecular formula is C15H21N5O. The van der Waals surface area contributed by atoms with Crippen molar-refractivity contribution in [2.45, 2.75) is 6.04 Å². The van der Waals surface area contributed by atoms with Gasteiger partial charge in [-0.05, 0) is 19.2 Å². The topological polar surface area (TPSA) is 85.4 Å². The molecule has 1 aromatic carbocycles. The number of likely N-dealkylation sites (N-methyl/N-ethyl adjacent to an activating group) is 1. The highest BCUT2D eigenvalue weighted by atomic mass is 16.2. The molecule has 0 aliphatic carbocycles. The third-order valence-corrected chi connectivity index (χ3v) is 3.75. The number of hydrogen-bond donors (Lipinski definition) is 2. The fourth-order valence-corrected chi connectivity index (χ4v) is 2.54. The maximum Gasteiger partial charge on any atom is 0.238 e. The molecule has 6 nitrogen and oxygen atoms in total. The van der Waals surface area contributed by atoms with Gasteiger partial charge in [0.25, 0.3) is 0 Å². The molecular weight excluding hydrogens is 266 g/mol. The van der Waals surface area contributed by atoms with Crippen LogP contribution in [0, 0.1) is 11.3 Å². The number of para-hydroxylation sites is 1. The Balaban J connectivity index is 1.97. The molecule has 0 spiro atoms. The molecule has 1 amide bonds. The number of amides is 1. The molecule has 6 heteroatoms. The molecule has 3 N–H and O–H groups in total. The zero-order chi connectivity index (χ0) is 15.2. The van der Waals surface area contributed by atoms with Crippen LogP contribution in [0.5, 0.6) is 0 Å². The number of nitrogens with zero attached hydrogens (tertiary/aromatic N) is 3. The second-order valence-electron chi connectivity index (χ2n) is 5.33. The maximum absolute atomic E-state index is 12.2. The van der Waals surface area contributed by atoms with E-state index in [1.807, 2.05) is 0 Å². The molecule has 1 aromatic rings. The van der Waals surface area contributed by atoms with Crippen LogP contribution in [0.2, 0.25) is 0 Å². The average molecular weight is 287 g/mol. The van der Waals surface area contributed by atoms with Crippen molar-refractivity contribution in [1.82, 2.24) is 9.80 Å². The molecule has 21 heavy (non-hydrogen) atoms. The van der Waals surface area contributed by atoms with E-state index in [1.165, 1.54) is 0 Å². The number of nitrogens with two attached hydrogens (primary N) is 1. The summed E-state index contributed by atoms with van der Waals surface area (Å²) in [4.78, 5) is 16.5. The summed E-state index contributed by atoms with van der Waals surface area (Å²) in [5, 5.41) is 11.8. The van der Waals surface area contributed by atoms with Gasteiger partial charge in [-0.3, -0.25) is 9.69 Å². The van der Waals surface area contributed by atoms with Gasteiger partial charge < -0.3 is 16.0 Å². The first-order valence-corrected chi connectivity index (χ1v) is 7.05. The molecule has 0 aromatic heterocycles. The Morgan fingerprint density at radius 3 is 2.95 bits per heavy atom. The first-order chi connectivity index (χ1) is 10.1. The SMILES string of the molecule is CN1CCN(CC(=O)Nc2ccccc2C#N)C(CN)C1. The van der Waals surface area contributed by atoms with E-state index in [4.69, 9.17) is 11.0 Å². The number of benzene rings is 1. The zero-order valence-corrected chi connectivity index (χ0v) is 12.2. The Hall–Kier alpha value is -1.94. The number of nitriles is 1. The maximum atomic E-state index is 12.2. The number of hydrogen-bond acceptors (Lipinski definition) is 5. The first-order valence-electron chi connectivity index (χ1n) is 7.05. The van der Waals surface area contributed by atoms with Crippen LogP contribution in [0.1, 0.15) is 5.56 Å². The minimum Gasteiger partial charge on any atom is -0.329 e. The second-order valence-corrected chi connectivity index (χ2v) is 5.33. The van der Waals surface area contributed by atoms with E-state index in [2.05, 4.69) is 28.2 Å². The molecule has 0 saturated carbocycles. The third-order valence-electron chi connectivity index (χ3n) is 3.75. The van der Waals surface area contributed by atoms with Crippen LogP contribution in [0.4, 0.5) is 5.69 Å². The van der Waals surface area contributed by atoms with Crippen molar-refractivity contribution in [3.8, 4) is 6.07 Å². The van der Waals surface area contributed by atoms with E-state index in [1.54, 1.807) is 24.3 Å². The van der Waals surface area contributed by atoms with Crippen molar-refractivity contribution in [3.63, 3.8) is 0 Å². The van der Waals surface area contributed by atoms with Gasteiger partial charge in [0.05, 0.1) is 17.8 Å². The highest BCUT2D eigenvalue weighted by Gasteiger charge is 2.25. The molecule has 1 unspecified atom stereocenters. The van der Waals surface area contributed by atoms with Gasteiger partial charge in [0.15, 0.2) is 0 Å². The Bertz CT molecular complexity index is 539. The van der Waals surface area contributed by atoms with Crippen molar-refractivity contribution in [2.24, 2.45) is 5.73 Å². The van der Waals surface area contributed by atoms with Gasteiger partial charge >= 0.3 is 0 Å². The lowest BCUT2D eigenvalue weighted by Crippen LogP contribution is -2.56. The first kappa shape index (κ1) is 15.4. The zero-order valence-electron chi connectivity index (χ0n) is 12.2. The van der Waals surface area contributed by atoms with Crippen molar-refractivity contribution in [2.75, 3.05) is 45.1 Å². The fraction of sp³-hybridized carbons (Fsp3) is 0.467. The molecule has 1 saturated heterocycles. The van der Waals surface area contributed by atoms with Gasteiger partial charge in [-0.2, -0.15) is 5.26 Å². The van der Waals surface area contributed by atoms with Crippen molar-refractivity contribution >= 4 is 11.6 Å². The number of piperazine rings is 1. The normalized spacial score (nSPS) is 20.0. The van der Waals surface area contributed by atoms with Gasteiger partial charge in [-0.15, -0.1) is 0 Å². The van der Waals surface area contributed by atoms with Crippen molar-refractivity contribution in [3.05, 3.63) is 29.8 Å². The van der Waals surface area contributed by atoms with E-state index in [0.717, 1.165) is 19.6 Å². The summed E-state index contributed by atoms with van der Waals surface area (Å²) in [6.07, 6.45) is 0. The lowest BCUT2D eigenvalue weighted by Gasteiger charge is -2.39.